The number of imide groups is 1. The second-order valence-electron chi connectivity index (χ2n) is 8.04. The molecule has 1 fully saturated rings. The molecule has 0 N–H and O–H groups in total. The molecule has 0 bridgehead atoms. The summed E-state index contributed by atoms with van der Waals surface area (Å²) in [6.45, 7) is 11.4. The zero-order valence-corrected chi connectivity index (χ0v) is 16.9. The fourth-order valence-electron chi connectivity index (χ4n) is 2.53. The number of carbonyl (C=O) groups is 2. The van der Waals surface area contributed by atoms with E-state index >= 15 is 0 Å². The molecule has 1 atom stereocenters. The number of benzene rings is 1. The summed E-state index contributed by atoms with van der Waals surface area (Å²) in [5.41, 5.74) is 1.08. The minimum atomic E-state index is -1.89. The van der Waals surface area contributed by atoms with Gasteiger partial charge in [0.15, 0.2) is 8.32 Å². The van der Waals surface area contributed by atoms with E-state index in [4.69, 9.17) is 9.16 Å². The van der Waals surface area contributed by atoms with Gasteiger partial charge in [-0.1, -0.05) is 51.1 Å². The van der Waals surface area contributed by atoms with Crippen LogP contribution in [0.2, 0.25) is 18.1 Å². The van der Waals surface area contributed by atoms with Crippen molar-refractivity contribution in [1.82, 2.24) is 4.90 Å². The standard InChI is InChI=1S/C19H29NO4Si/c1-19(2,3)25(4,5)24-12-11-17(21)20-16(14-23-18(20)22)13-15-9-7-6-8-10-15/h6-10,16H,11-14H2,1-5H3/t16-/m1/s1. The van der Waals surface area contributed by atoms with Gasteiger partial charge in [0, 0.05) is 13.0 Å². The van der Waals surface area contributed by atoms with Gasteiger partial charge in [-0.3, -0.25) is 4.79 Å². The smallest absolute Gasteiger partial charge is 0.416 e. The number of cyclic esters (lactones) is 1. The molecule has 138 valence electrons. The molecule has 0 spiro atoms. The van der Waals surface area contributed by atoms with E-state index in [2.05, 4.69) is 33.9 Å². The molecule has 1 aliphatic rings. The number of hydrogen-bond acceptors (Lipinski definition) is 4. The molecule has 1 saturated heterocycles. The van der Waals surface area contributed by atoms with Crippen LogP contribution in [0.25, 0.3) is 0 Å². The van der Waals surface area contributed by atoms with Crippen molar-refractivity contribution >= 4 is 20.3 Å². The molecule has 5 nitrogen and oxygen atoms in total. The molecule has 0 aliphatic carbocycles. The van der Waals surface area contributed by atoms with Gasteiger partial charge in [-0.05, 0) is 30.1 Å². The van der Waals surface area contributed by atoms with E-state index in [1.807, 2.05) is 30.3 Å². The zero-order chi connectivity index (χ0) is 18.7. The summed E-state index contributed by atoms with van der Waals surface area (Å²) in [4.78, 5) is 25.8. The summed E-state index contributed by atoms with van der Waals surface area (Å²) in [6, 6.07) is 9.59. The molecule has 2 rings (SSSR count). The van der Waals surface area contributed by atoms with Crippen molar-refractivity contribution in [3.63, 3.8) is 0 Å². The highest BCUT2D eigenvalue weighted by atomic mass is 28.4. The molecule has 0 radical (unpaired) electrons. The van der Waals surface area contributed by atoms with E-state index < -0.39 is 14.4 Å². The molecule has 1 aromatic rings. The number of ether oxygens (including phenoxy) is 1. The van der Waals surface area contributed by atoms with Crippen molar-refractivity contribution in [2.45, 2.75) is 57.8 Å². The third-order valence-electron chi connectivity index (χ3n) is 5.13. The van der Waals surface area contributed by atoms with Gasteiger partial charge < -0.3 is 9.16 Å². The highest BCUT2D eigenvalue weighted by molar-refractivity contribution is 6.74. The Morgan fingerprint density at radius 2 is 1.92 bits per heavy atom. The molecular weight excluding hydrogens is 334 g/mol. The molecule has 0 aromatic heterocycles. The Balaban J connectivity index is 1.93. The average molecular weight is 364 g/mol. The van der Waals surface area contributed by atoms with Crippen LogP contribution in [0.15, 0.2) is 30.3 Å². The quantitative estimate of drug-likeness (QED) is 0.717. The number of nitrogens with zero attached hydrogens (tertiary/aromatic N) is 1. The van der Waals surface area contributed by atoms with Crippen molar-refractivity contribution < 1.29 is 18.8 Å². The summed E-state index contributed by atoms with van der Waals surface area (Å²) in [7, 11) is -1.89. The fraction of sp³-hybridized carbons (Fsp3) is 0.579. The van der Waals surface area contributed by atoms with Crippen LogP contribution in [0.1, 0.15) is 32.8 Å². The molecular formula is C19H29NO4Si. The molecule has 1 heterocycles. The molecule has 6 heteroatoms. The van der Waals surface area contributed by atoms with Crippen LogP contribution in [-0.2, 0) is 20.4 Å². The Hall–Kier alpha value is -1.66. The molecule has 1 aromatic carbocycles. The third-order valence-corrected chi connectivity index (χ3v) is 9.67. The SMILES string of the molecule is CC(C)(C)[Si](C)(C)OCCC(=O)N1C(=O)OC[C@H]1Cc1ccccc1. The van der Waals surface area contributed by atoms with E-state index in [0.29, 0.717) is 13.0 Å². The second-order valence-corrected chi connectivity index (χ2v) is 12.9. The van der Waals surface area contributed by atoms with E-state index in [-0.39, 0.29) is 30.0 Å². The van der Waals surface area contributed by atoms with Gasteiger partial charge >= 0.3 is 6.09 Å². The Morgan fingerprint density at radius 1 is 1.28 bits per heavy atom. The van der Waals surface area contributed by atoms with Gasteiger partial charge in [0.05, 0.1) is 6.04 Å². The van der Waals surface area contributed by atoms with Crippen LogP contribution < -0.4 is 0 Å². The predicted molar refractivity (Wildman–Crippen MR) is 99.9 cm³/mol. The summed E-state index contributed by atoms with van der Waals surface area (Å²) in [5, 5.41) is 0.0957. The van der Waals surface area contributed by atoms with Gasteiger partial charge in [-0.2, -0.15) is 0 Å². The van der Waals surface area contributed by atoms with Crippen molar-refractivity contribution in [3.8, 4) is 0 Å². The Kier molecular flexibility index (Phi) is 6.06. The van der Waals surface area contributed by atoms with Crippen molar-refractivity contribution in [1.29, 1.82) is 0 Å². The van der Waals surface area contributed by atoms with E-state index in [1.54, 1.807) is 0 Å². The van der Waals surface area contributed by atoms with Gasteiger partial charge in [0.2, 0.25) is 5.91 Å². The molecule has 25 heavy (non-hydrogen) atoms. The van der Waals surface area contributed by atoms with Gasteiger partial charge in [-0.25, -0.2) is 9.69 Å². The average Bonchev–Trinajstić information content (AvgIpc) is 2.87. The van der Waals surface area contributed by atoms with Crippen LogP contribution in [0.4, 0.5) is 4.79 Å². The topological polar surface area (TPSA) is 55.8 Å². The Bertz CT molecular complexity index is 610. The first kappa shape index (κ1) is 19.7. The zero-order valence-electron chi connectivity index (χ0n) is 15.9. The van der Waals surface area contributed by atoms with Gasteiger partial charge in [0.1, 0.15) is 6.61 Å². The Morgan fingerprint density at radius 3 is 2.52 bits per heavy atom. The maximum absolute atomic E-state index is 12.6. The van der Waals surface area contributed by atoms with E-state index in [9.17, 15) is 9.59 Å². The first-order valence-corrected chi connectivity index (χ1v) is 11.7. The van der Waals surface area contributed by atoms with Crippen LogP contribution >= 0.6 is 0 Å². The predicted octanol–water partition coefficient (Wildman–Crippen LogP) is 3.99. The fourth-order valence-corrected chi connectivity index (χ4v) is 3.58. The second kappa shape index (κ2) is 7.70. The molecule has 1 aliphatic heterocycles. The number of rotatable bonds is 6. The lowest BCUT2D eigenvalue weighted by atomic mass is 10.1. The molecule has 0 saturated carbocycles. The normalized spacial score (nSPS) is 18.4. The van der Waals surface area contributed by atoms with Crippen LogP contribution in [0.5, 0.6) is 0 Å². The lowest BCUT2D eigenvalue weighted by Gasteiger charge is -2.36. The van der Waals surface area contributed by atoms with Crippen LogP contribution in [0, 0.1) is 0 Å². The lowest BCUT2D eigenvalue weighted by molar-refractivity contribution is -0.129. The number of amides is 2. The summed E-state index contributed by atoms with van der Waals surface area (Å²) in [5.74, 6) is -0.220. The van der Waals surface area contributed by atoms with Gasteiger partial charge in [-0.15, -0.1) is 0 Å². The largest absolute Gasteiger partial charge is 0.447 e. The highest BCUT2D eigenvalue weighted by Gasteiger charge is 2.39. The van der Waals surface area contributed by atoms with Crippen molar-refractivity contribution in [2.24, 2.45) is 0 Å². The van der Waals surface area contributed by atoms with E-state index in [0.717, 1.165) is 5.56 Å². The Labute approximate surface area is 151 Å². The first-order chi connectivity index (χ1) is 11.6. The van der Waals surface area contributed by atoms with Crippen molar-refractivity contribution in [3.05, 3.63) is 35.9 Å². The summed E-state index contributed by atoms with van der Waals surface area (Å²) >= 11 is 0. The first-order valence-electron chi connectivity index (χ1n) is 8.78. The molecule has 2 amide bonds. The number of hydrogen-bond donors (Lipinski definition) is 0. The highest BCUT2D eigenvalue weighted by Crippen LogP contribution is 2.36. The minimum Gasteiger partial charge on any atom is -0.447 e. The van der Waals surface area contributed by atoms with Crippen molar-refractivity contribution in [2.75, 3.05) is 13.2 Å². The minimum absolute atomic E-state index is 0.0957. The summed E-state index contributed by atoms with van der Waals surface area (Å²) < 4.78 is 11.2. The van der Waals surface area contributed by atoms with E-state index in [1.165, 1.54) is 4.90 Å². The maximum atomic E-state index is 12.6. The monoisotopic (exact) mass is 363 g/mol. The van der Waals surface area contributed by atoms with Crippen LogP contribution in [0.3, 0.4) is 0 Å². The third kappa shape index (κ3) is 4.92. The van der Waals surface area contributed by atoms with Gasteiger partial charge in [0.25, 0.3) is 0 Å². The van der Waals surface area contributed by atoms with Crippen LogP contribution in [-0.4, -0.2) is 44.5 Å². The lowest BCUT2D eigenvalue weighted by Crippen LogP contribution is -2.43. The number of carbonyl (C=O) groups excluding carboxylic acids is 2. The maximum Gasteiger partial charge on any atom is 0.416 e. The summed E-state index contributed by atoms with van der Waals surface area (Å²) in [6.07, 6.45) is 0.271. The molecule has 0 unspecified atom stereocenters.